The Bertz CT molecular complexity index is 968. The van der Waals surface area contributed by atoms with Gasteiger partial charge in [0.1, 0.15) is 12.4 Å². The van der Waals surface area contributed by atoms with Crippen LogP contribution in [0, 0.1) is 5.82 Å². The lowest BCUT2D eigenvalue weighted by atomic mass is 10.2. The number of halogens is 1. The minimum atomic E-state index is -4.14. The van der Waals surface area contributed by atoms with Gasteiger partial charge in [0.15, 0.2) is 0 Å². The molecule has 1 aliphatic carbocycles. The first-order valence-corrected chi connectivity index (χ1v) is 11.1. The maximum absolute atomic E-state index is 14.4. The molecule has 2 aromatic rings. The molecule has 3 rings (SSSR count). The molecule has 154 valence electrons. The number of benzene rings is 2. The minimum Gasteiger partial charge on any atom is -0.271 e. The van der Waals surface area contributed by atoms with Crippen molar-refractivity contribution in [2.24, 2.45) is 5.10 Å². The second kappa shape index (κ2) is 9.65. The summed E-state index contributed by atoms with van der Waals surface area (Å²) in [5.41, 5.74) is 3.16. The van der Waals surface area contributed by atoms with Crippen LogP contribution in [-0.4, -0.2) is 26.6 Å². The van der Waals surface area contributed by atoms with E-state index < -0.39 is 28.3 Å². The molecule has 1 aliphatic rings. The largest absolute Gasteiger partial charge is 0.271 e. The highest BCUT2D eigenvalue weighted by molar-refractivity contribution is 7.92. The van der Waals surface area contributed by atoms with Gasteiger partial charge in [-0.2, -0.15) is 5.10 Å². The Balaban J connectivity index is 1.85. The first-order chi connectivity index (χ1) is 14.0. The first kappa shape index (κ1) is 21.0. The number of nitrogens with one attached hydrogen (secondary N) is 1. The number of rotatable bonds is 6. The third kappa shape index (κ3) is 5.41. The summed E-state index contributed by atoms with van der Waals surface area (Å²) in [6.07, 6.45) is 5.98. The summed E-state index contributed by atoms with van der Waals surface area (Å²) in [5, 5.41) is 4.17. The van der Waals surface area contributed by atoms with Crippen molar-refractivity contribution in [1.29, 1.82) is 0 Å². The Morgan fingerprint density at radius 1 is 0.966 bits per heavy atom. The predicted molar refractivity (Wildman–Crippen MR) is 111 cm³/mol. The van der Waals surface area contributed by atoms with Crippen LogP contribution in [0.5, 0.6) is 0 Å². The maximum Gasteiger partial charge on any atom is 0.264 e. The van der Waals surface area contributed by atoms with Crippen molar-refractivity contribution < 1.29 is 17.6 Å². The van der Waals surface area contributed by atoms with Gasteiger partial charge in [-0.1, -0.05) is 43.2 Å². The summed E-state index contributed by atoms with van der Waals surface area (Å²) in [7, 11) is -4.14. The van der Waals surface area contributed by atoms with Crippen molar-refractivity contribution in [3.63, 3.8) is 0 Å². The Kier molecular flexibility index (Phi) is 6.98. The van der Waals surface area contributed by atoms with E-state index in [1.807, 2.05) is 0 Å². The Morgan fingerprint density at radius 3 is 2.24 bits per heavy atom. The van der Waals surface area contributed by atoms with E-state index in [-0.39, 0.29) is 10.6 Å². The van der Waals surface area contributed by atoms with Crippen molar-refractivity contribution in [2.45, 2.75) is 43.4 Å². The molecule has 0 heterocycles. The molecule has 0 unspecified atom stereocenters. The highest BCUT2D eigenvalue weighted by Gasteiger charge is 2.29. The topological polar surface area (TPSA) is 78.8 Å². The predicted octanol–water partition coefficient (Wildman–Crippen LogP) is 3.85. The number of anilines is 1. The van der Waals surface area contributed by atoms with E-state index in [1.165, 1.54) is 30.3 Å². The fourth-order valence-electron chi connectivity index (χ4n) is 3.23. The summed E-state index contributed by atoms with van der Waals surface area (Å²) in [4.78, 5) is 12.5. The van der Waals surface area contributed by atoms with Crippen molar-refractivity contribution in [2.75, 3.05) is 10.8 Å². The van der Waals surface area contributed by atoms with Gasteiger partial charge in [-0.15, -0.1) is 0 Å². The lowest BCUT2D eigenvalue weighted by molar-refractivity contribution is -0.119. The van der Waals surface area contributed by atoms with E-state index in [9.17, 15) is 17.6 Å². The molecule has 8 heteroatoms. The quantitative estimate of drug-likeness (QED) is 0.573. The highest BCUT2D eigenvalue weighted by Crippen LogP contribution is 2.26. The average molecular weight is 418 g/mol. The molecule has 0 radical (unpaired) electrons. The van der Waals surface area contributed by atoms with Gasteiger partial charge in [0.25, 0.3) is 15.9 Å². The normalized spacial score (nSPS) is 14.7. The van der Waals surface area contributed by atoms with Gasteiger partial charge in [-0.05, 0) is 49.9 Å². The molecule has 0 spiro atoms. The molecule has 2 aromatic carbocycles. The van der Waals surface area contributed by atoms with Crippen molar-refractivity contribution in [3.05, 3.63) is 60.4 Å². The van der Waals surface area contributed by atoms with Crippen LogP contribution >= 0.6 is 0 Å². The number of hydrogen-bond donors (Lipinski definition) is 1. The smallest absolute Gasteiger partial charge is 0.264 e. The van der Waals surface area contributed by atoms with Gasteiger partial charge in [-0.3, -0.25) is 9.10 Å². The fourth-order valence-corrected chi connectivity index (χ4v) is 4.68. The first-order valence-electron chi connectivity index (χ1n) is 9.65. The number of carbonyl (C=O) groups is 1. The van der Waals surface area contributed by atoms with Crippen LogP contribution in [0.25, 0.3) is 0 Å². The van der Waals surface area contributed by atoms with Crippen LogP contribution in [0.2, 0.25) is 0 Å². The van der Waals surface area contributed by atoms with Crippen molar-refractivity contribution in [1.82, 2.24) is 5.43 Å². The number of amides is 1. The lowest BCUT2D eigenvalue weighted by Gasteiger charge is -2.24. The van der Waals surface area contributed by atoms with E-state index in [4.69, 9.17) is 0 Å². The summed E-state index contributed by atoms with van der Waals surface area (Å²) in [6, 6.07) is 13.1. The summed E-state index contributed by atoms with van der Waals surface area (Å²) < 4.78 is 41.4. The molecule has 0 aromatic heterocycles. The zero-order chi connectivity index (χ0) is 20.7. The van der Waals surface area contributed by atoms with Gasteiger partial charge in [0.2, 0.25) is 0 Å². The number of sulfonamides is 1. The second-order valence-corrected chi connectivity index (χ2v) is 8.77. The summed E-state index contributed by atoms with van der Waals surface area (Å²) in [6.45, 7) is -0.574. The third-order valence-corrected chi connectivity index (χ3v) is 6.53. The van der Waals surface area contributed by atoms with Crippen molar-refractivity contribution >= 4 is 27.3 Å². The molecule has 1 fully saturated rings. The van der Waals surface area contributed by atoms with E-state index in [0.29, 0.717) is 0 Å². The van der Waals surface area contributed by atoms with Crippen LogP contribution in [-0.2, 0) is 14.8 Å². The van der Waals surface area contributed by atoms with Gasteiger partial charge in [-0.25, -0.2) is 18.2 Å². The summed E-state index contributed by atoms with van der Waals surface area (Å²) in [5.74, 6) is -1.35. The van der Waals surface area contributed by atoms with Gasteiger partial charge in [0, 0.05) is 5.71 Å². The molecule has 0 atom stereocenters. The van der Waals surface area contributed by atoms with Crippen LogP contribution in [0.1, 0.15) is 38.5 Å². The summed E-state index contributed by atoms with van der Waals surface area (Å²) >= 11 is 0. The Morgan fingerprint density at radius 2 is 1.59 bits per heavy atom. The van der Waals surface area contributed by atoms with Crippen LogP contribution in [0.15, 0.2) is 64.6 Å². The Labute approximate surface area is 170 Å². The number of nitrogens with zero attached hydrogens (tertiary/aromatic N) is 2. The van der Waals surface area contributed by atoms with E-state index in [0.717, 1.165) is 54.6 Å². The van der Waals surface area contributed by atoms with Crippen molar-refractivity contribution in [3.8, 4) is 0 Å². The van der Waals surface area contributed by atoms with E-state index in [1.54, 1.807) is 18.2 Å². The Hall–Kier alpha value is -2.74. The van der Waals surface area contributed by atoms with Gasteiger partial charge in [0.05, 0.1) is 10.6 Å². The van der Waals surface area contributed by atoms with Gasteiger partial charge < -0.3 is 0 Å². The molecule has 1 N–H and O–H groups in total. The maximum atomic E-state index is 14.4. The molecule has 1 amide bonds. The molecule has 1 saturated carbocycles. The van der Waals surface area contributed by atoms with Crippen LogP contribution < -0.4 is 9.73 Å². The molecular weight excluding hydrogens is 393 g/mol. The second-order valence-electron chi connectivity index (χ2n) is 6.90. The molecular formula is C21H24FN3O3S. The SMILES string of the molecule is O=C(CN(c1ccccc1F)S(=O)(=O)c1ccccc1)NN=C1CCCCCC1. The molecule has 0 aliphatic heterocycles. The third-order valence-electron chi connectivity index (χ3n) is 4.76. The minimum absolute atomic E-state index is 0.0221. The number of hydrogen-bond acceptors (Lipinski definition) is 4. The van der Waals surface area contributed by atoms with Gasteiger partial charge >= 0.3 is 0 Å². The zero-order valence-corrected chi connectivity index (χ0v) is 16.9. The standard InChI is InChI=1S/C21H24FN3O3S/c22-19-14-8-9-15-20(19)25(29(27,28)18-12-6-3-7-13-18)16-21(26)24-23-17-10-4-1-2-5-11-17/h3,6-9,12-15H,1-2,4-5,10-11,16H2,(H,24,26). The monoisotopic (exact) mass is 417 g/mol. The number of hydrazone groups is 1. The van der Waals surface area contributed by atoms with E-state index >= 15 is 0 Å². The molecule has 0 bridgehead atoms. The lowest BCUT2D eigenvalue weighted by Crippen LogP contribution is -2.40. The molecule has 0 saturated heterocycles. The fraction of sp³-hybridized carbons (Fsp3) is 0.333. The van der Waals surface area contributed by atoms with E-state index in [2.05, 4.69) is 10.5 Å². The molecule has 29 heavy (non-hydrogen) atoms. The zero-order valence-electron chi connectivity index (χ0n) is 16.1. The number of carbonyl (C=O) groups excluding carboxylic acids is 1. The number of para-hydroxylation sites is 1. The van der Waals surface area contributed by atoms with Crippen LogP contribution in [0.3, 0.4) is 0 Å². The molecule has 6 nitrogen and oxygen atoms in total. The highest BCUT2D eigenvalue weighted by atomic mass is 32.2. The average Bonchev–Trinajstić information content (AvgIpc) is 3.00. The van der Waals surface area contributed by atoms with Crippen LogP contribution in [0.4, 0.5) is 10.1 Å².